The van der Waals surface area contributed by atoms with Gasteiger partial charge in [0.2, 0.25) is 5.82 Å². The van der Waals surface area contributed by atoms with Gasteiger partial charge in [-0.1, -0.05) is 65.3 Å². The molecular formula is C25H28N4O3. The first-order chi connectivity index (χ1) is 15.6. The summed E-state index contributed by atoms with van der Waals surface area (Å²) >= 11 is 0. The van der Waals surface area contributed by atoms with Crippen molar-refractivity contribution in [1.82, 2.24) is 20.4 Å². The summed E-state index contributed by atoms with van der Waals surface area (Å²) in [7, 11) is 0. The fraction of sp³-hybridized carbons (Fsp3) is 0.320. The molecule has 7 nitrogen and oxygen atoms in total. The molecule has 32 heavy (non-hydrogen) atoms. The second-order valence-electron chi connectivity index (χ2n) is 7.78. The zero-order valence-electron chi connectivity index (χ0n) is 18.7. The molecule has 0 bridgehead atoms. The standard InChI is InChI=1S/C25H28N4O3/c1-4-31-16-8-15-29-18(3)21(22(26-25(29)30)19-13-11-17(2)12-14-19)24-27-23(28-32-24)20-9-6-5-7-10-20/h5-7,9-14,22H,4,8,15-16H2,1-3H3,(H,26,30). The molecule has 3 aromatic rings. The molecule has 7 heteroatoms. The van der Waals surface area contributed by atoms with Gasteiger partial charge in [0.15, 0.2) is 0 Å². The van der Waals surface area contributed by atoms with Crippen LogP contribution in [0.5, 0.6) is 0 Å². The molecule has 0 radical (unpaired) electrons. The summed E-state index contributed by atoms with van der Waals surface area (Å²) in [6.07, 6.45) is 0.736. The Morgan fingerprint density at radius 2 is 1.84 bits per heavy atom. The van der Waals surface area contributed by atoms with Gasteiger partial charge >= 0.3 is 6.03 Å². The molecule has 2 aromatic carbocycles. The van der Waals surface area contributed by atoms with Crippen molar-refractivity contribution in [3.05, 3.63) is 77.3 Å². The van der Waals surface area contributed by atoms with Gasteiger partial charge in [0.1, 0.15) is 0 Å². The molecule has 1 aliphatic rings. The highest BCUT2D eigenvalue weighted by molar-refractivity contribution is 5.86. The van der Waals surface area contributed by atoms with E-state index in [1.54, 1.807) is 4.90 Å². The molecule has 4 rings (SSSR count). The van der Waals surface area contributed by atoms with Gasteiger partial charge in [-0.25, -0.2) is 4.79 Å². The van der Waals surface area contributed by atoms with Crippen LogP contribution in [0.3, 0.4) is 0 Å². The normalized spacial score (nSPS) is 16.4. The number of urea groups is 1. The first-order valence-electron chi connectivity index (χ1n) is 10.9. The summed E-state index contributed by atoms with van der Waals surface area (Å²) in [4.78, 5) is 19.4. The van der Waals surface area contributed by atoms with Gasteiger partial charge in [-0.15, -0.1) is 0 Å². The van der Waals surface area contributed by atoms with Crippen LogP contribution in [0.15, 0.2) is 64.8 Å². The number of aromatic nitrogens is 2. The minimum Gasteiger partial charge on any atom is -0.382 e. The van der Waals surface area contributed by atoms with Crippen molar-refractivity contribution in [2.45, 2.75) is 33.2 Å². The number of rotatable bonds is 8. The number of hydrogen-bond donors (Lipinski definition) is 1. The molecule has 0 saturated carbocycles. The molecule has 0 aliphatic carbocycles. The lowest BCUT2D eigenvalue weighted by Crippen LogP contribution is -2.46. The van der Waals surface area contributed by atoms with Gasteiger partial charge in [0.05, 0.1) is 11.6 Å². The smallest absolute Gasteiger partial charge is 0.322 e. The summed E-state index contributed by atoms with van der Waals surface area (Å²) < 4.78 is 11.2. The summed E-state index contributed by atoms with van der Waals surface area (Å²) in [6.45, 7) is 7.73. The van der Waals surface area contributed by atoms with E-state index in [1.165, 1.54) is 0 Å². The van der Waals surface area contributed by atoms with Crippen molar-refractivity contribution in [2.24, 2.45) is 0 Å². The van der Waals surface area contributed by atoms with Crippen molar-refractivity contribution in [1.29, 1.82) is 0 Å². The zero-order valence-corrected chi connectivity index (χ0v) is 18.7. The predicted molar refractivity (Wildman–Crippen MR) is 123 cm³/mol. The Hall–Kier alpha value is -3.45. The third-order valence-electron chi connectivity index (χ3n) is 5.57. The van der Waals surface area contributed by atoms with E-state index in [0.717, 1.165) is 34.4 Å². The van der Waals surface area contributed by atoms with Crippen LogP contribution >= 0.6 is 0 Å². The van der Waals surface area contributed by atoms with E-state index in [1.807, 2.05) is 75.4 Å². The van der Waals surface area contributed by atoms with Crippen LogP contribution in [0.2, 0.25) is 0 Å². The number of amides is 2. The van der Waals surface area contributed by atoms with Crippen LogP contribution in [0, 0.1) is 6.92 Å². The van der Waals surface area contributed by atoms with Gasteiger partial charge in [-0.05, 0) is 32.8 Å². The number of allylic oxidation sites excluding steroid dienone is 1. The average Bonchev–Trinajstić information content (AvgIpc) is 3.29. The molecule has 1 unspecified atom stereocenters. The summed E-state index contributed by atoms with van der Waals surface area (Å²) in [5, 5.41) is 7.33. The van der Waals surface area contributed by atoms with E-state index in [2.05, 4.69) is 15.5 Å². The van der Waals surface area contributed by atoms with E-state index in [9.17, 15) is 4.79 Å². The Labute approximate surface area is 188 Å². The largest absolute Gasteiger partial charge is 0.382 e. The second-order valence-corrected chi connectivity index (χ2v) is 7.78. The number of benzene rings is 2. The Morgan fingerprint density at radius 3 is 2.56 bits per heavy atom. The first kappa shape index (κ1) is 21.8. The molecule has 1 atom stereocenters. The van der Waals surface area contributed by atoms with E-state index in [4.69, 9.17) is 9.26 Å². The van der Waals surface area contributed by atoms with Crippen molar-refractivity contribution in [3.63, 3.8) is 0 Å². The molecule has 0 spiro atoms. The highest BCUT2D eigenvalue weighted by atomic mass is 16.5. The Balaban J connectivity index is 1.73. The number of carbonyl (C=O) groups excluding carboxylic acids is 1. The Kier molecular flexibility index (Phi) is 6.66. The maximum Gasteiger partial charge on any atom is 0.322 e. The molecule has 1 aromatic heterocycles. The van der Waals surface area contributed by atoms with Gasteiger partial charge in [-0.3, -0.25) is 4.90 Å². The lowest BCUT2D eigenvalue weighted by atomic mass is 9.94. The van der Waals surface area contributed by atoms with Crippen LogP contribution < -0.4 is 5.32 Å². The third kappa shape index (κ3) is 4.57. The van der Waals surface area contributed by atoms with E-state index >= 15 is 0 Å². The highest BCUT2D eigenvalue weighted by Gasteiger charge is 2.35. The maximum absolute atomic E-state index is 13.0. The monoisotopic (exact) mass is 432 g/mol. The van der Waals surface area contributed by atoms with Crippen molar-refractivity contribution >= 4 is 11.6 Å². The molecule has 166 valence electrons. The molecule has 2 heterocycles. The predicted octanol–water partition coefficient (Wildman–Crippen LogP) is 4.97. The molecule has 0 saturated heterocycles. The topological polar surface area (TPSA) is 80.5 Å². The van der Waals surface area contributed by atoms with Crippen LogP contribution in [-0.2, 0) is 4.74 Å². The second kappa shape index (κ2) is 9.78. The molecular weight excluding hydrogens is 404 g/mol. The Morgan fingerprint density at radius 1 is 1.09 bits per heavy atom. The number of aryl methyl sites for hydroxylation is 1. The van der Waals surface area contributed by atoms with Gasteiger partial charge in [0, 0.05) is 31.0 Å². The number of nitrogens with zero attached hydrogens (tertiary/aromatic N) is 3. The summed E-state index contributed by atoms with van der Waals surface area (Å²) in [5.74, 6) is 0.921. The Bertz CT molecular complexity index is 1090. The van der Waals surface area contributed by atoms with Crippen LogP contribution in [-0.4, -0.2) is 40.8 Å². The molecule has 2 amide bonds. The minimum absolute atomic E-state index is 0.142. The lowest BCUT2D eigenvalue weighted by molar-refractivity contribution is 0.136. The number of hydrogen-bond acceptors (Lipinski definition) is 5. The van der Waals surface area contributed by atoms with Crippen LogP contribution in [0.1, 0.15) is 43.3 Å². The quantitative estimate of drug-likeness (QED) is 0.509. The molecule has 0 fully saturated rings. The zero-order chi connectivity index (χ0) is 22.5. The third-order valence-corrected chi connectivity index (χ3v) is 5.57. The number of ether oxygens (including phenoxy) is 1. The van der Waals surface area contributed by atoms with E-state index in [-0.39, 0.29) is 12.1 Å². The fourth-order valence-corrected chi connectivity index (χ4v) is 3.84. The summed E-state index contributed by atoms with van der Waals surface area (Å²) in [5.41, 5.74) is 4.60. The van der Waals surface area contributed by atoms with E-state index < -0.39 is 0 Å². The lowest BCUT2D eigenvalue weighted by Gasteiger charge is -2.35. The molecule has 1 aliphatic heterocycles. The van der Waals surface area contributed by atoms with Gasteiger partial charge in [-0.2, -0.15) is 4.98 Å². The maximum atomic E-state index is 13.0. The highest BCUT2D eigenvalue weighted by Crippen LogP contribution is 2.37. The number of carbonyl (C=O) groups is 1. The SMILES string of the molecule is CCOCCCN1C(=O)NC(c2ccc(C)cc2)C(c2nc(-c3ccccc3)no2)=C1C. The summed E-state index contributed by atoms with van der Waals surface area (Å²) in [6, 6.07) is 17.3. The van der Waals surface area contributed by atoms with Gasteiger partial charge < -0.3 is 14.6 Å². The van der Waals surface area contributed by atoms with Crippen LogP contribution in [0.4, 0.5) is 4.79 Å². The van der Waals surface area contributed by atoms with E-state index in [0.29, 0.717) is 31.5 Å². The number of nitrogens with one attached hydrogen (secondary N) is 1. The first-order valence-corrected chi connectivity index (χ1v) is 10.9. The van der Waals surface area contributed by atoms with Crippen molar-refractivity contribution in [2.75, 3.05) is 19.8 Å². The van der Waals surface area contributed by atoms with Crippen molar-refractivity contribution in [3.8, 4) is 11.4 Å². The minimum atomic E-state index is -0.379. The fourth-order valence-electron chi connectivity index (χ4n) is 3.84. The van der Waals surface area contributed by atoms with Crippen LogP contribution in [0.25, 0.3) is 17.0 Å². The van der Waals surface area contributed by atoms with Gasteiger partial charge in [0.25, 0.3) is 5.89 Å². The molecule has 1 N–H and O–H groups in total. The van der Waals surface area contributed by atoms with Crippen molar-refractivity contribution < 1.29 is 14.1 Å². The average molecular weight is 433 g/mol.